The number of hydrogen-bond donors (Lipinski definition) is 0. The van der Waals surface area contributed by atoms with Gasteiger partial charge < -0.3 is 0 Å². The second-order valence-corrected chi connectivity index (χ2v) is 14.1. The molecule has 3 aromatic heterocycles. The molecular formula is C46H27N3S. The van der Waals surface area contributed by atoms with E-state index in [0.717, 1.165) is 39.1 Å². The minimum atomic E-state index is 0.826. The standard InChI is InChI=1S/C46H27N3S/c1-2-12-29(13-3-1)44-46(48-39-20-9-8-19-38(39)47-44)49-40-26-31-15-5-4-14-30(31)25-37(40)35-18-10-17-34(45(35)49)32-21-23-36-42(27-32)50-41-24-22-28-11-6-7-16-33(28)43(36)41/h1-27H. The minimum Gasteiger partial charge on any atom is -0.291 e. The summed E-state index contributed by atoms with van der Waals surface area (Å²) in [5.41, 5.74) is 8.24. The first-order chi connectivity index (χ1) is 24.8. The molecule has 0 atom stereocenters. The second-order valence-electron chi connectivity index (χ2n) is 13.0. The Hall–Kier alpha value is -6.36. The van der Waals surface area contributed by atoms with Crippen LogP contribution < -0.4 is 0 Å². The average Bonchev–Trinajstić information content (AvgIpc) is 3.72. The van der Waals surface area contributed by atoms with Crippen molar-refractivity contribution in [2.45, 2.75) is 0 Å². The van der Waals surface area contributed by atoms with Crippen LogP contribution in [0, 0.1) is 0 Å². The zero-order valence-electron chi connectivity index (χ0n) is 26.8. The van der Waals surface area contributed by atoms with E-state index >= 15 is 0 Å². The maximum atomic E-state index is 5.42. The Morgan fingerprint density at radius 2 is 1.16 bits per heavy atom. The van der Waals surface area contributed by atoms with Crippen LogP contribution in [0.25, 0.3) is 103 Å². The lowest BCUT2D eigenvalue weighted by molar-refractivity contribution is 1.08. The number of aromatic nitrogens is 3. The van der Waals surface area contributed by atoms with Gasteiger partial charge in [0.05, 0.1) is 22.1 Å². The molecule has 11 rings (SSSR count). The molecular weight excluding hydrogens is 627 g/mol. The van der Waals surface area contributed by atoms with E-state index in [1.165, 1.54) is 63.6 Å². The summed E-state index contributed by atoms with van der Waals surface area (Å²) in [7, 11) is 0. The van der Waals surface area contributed by atoms with Gasteiger partial charge in [-0.05, 0) is 63.5 Å². The van der Waals surface area contributed by atoms with Gasteiger partial charge in [-0.1, -0.05) is 127 Å². The minimum absolute atomic E-state index is 0.826. The molecule has 3 heterocycles. The lowest BCUT2D eigenvalue weighted by Crippen LogP contribution is -2.04. The van der Waals surface area contributed by atoms with Crippen molar-refractivity contribution >= 4 is 85.9 Å². The van der Waals surface area contributed by atoms with Crippen LogP contribution in [0.4, 0.5) is 0 Å². The monoisotopic (exact) mass is 653 g/mol. The molecule has 0 radical (unpaired) electrons. The van der Waals surface area contributed by atoms with E-state index in [9.17, 15) is 0 Å². The number of nitrogens with zero attached hydrogens (tertiary/aromatic N) is 3. The summed E-state index contributed by atoms with van der Waals surface area (Å²) in [5, 5.41) is 10.0. The first kappa shape index (κ1) is 27.6. The summed E-state index contributed by atoms with van der Waals surface area (Å²) in [6.07, 6.45) is 0. The molecule has 11 aromatic rings. The third-order valence-corrected chi connectivity index (χ3v) is 11.3. The highest BCUT2D eigenvalue weighted by Gasteiger charge is 2.22. The first-order valence-electron chi connectivity index (χ1n) is 16.9. The van der Waals surface area contributed by atoms with E-state index in [-0.39, 0.29) is 0 Å². The molecule has 232 valence electrons. The SMILES string of the molecule is c1ccc(-c2nc3ccccc3nc2-n2c3cc4ccccc4cc3c3cccc(-c4ccc5c(c4)sc4ccc6ccccc6c45)c32)cc1. The topological polar surface area (TPSA) is 30.7 Å². The van der Waals surface area contributed by atoms with Crippen molar-refractivity contribution < 1.29 is 0 Å². The molecule has 8 aromatic carbocycles. The molecule has 0 N–H and O–H groups in total. The maximum Gasteiger partial charge on any atom is 0.165 e. The zero-order chi connectivity index (χ0) is 32.8. The van der Waals surface area contributed by atoms with E-state index in [1.54, 1.807) is 0 Å². The average molecular weight is 654 g/mol. The Balaban J connectivity index is 1.27. The predicted molar refractivity (Wildman–Crippen MR) is 213 cm³/mol. The number of thiophene rings is 1. The highest BCUT2D eigenvalue weighted by molar-refractivity contribution is 7.26. The van der Waals surface area contributed by atoms with Gasteiger partial charge in [0, 0.05) is 42.1 Å². The summed E-state index contributed by atoms with van der Waals surface area (Å²) in [5.74, 6) is 0.826. The van der Waals surface area contributed by atoms with Gasteiger partial charge in [-0.25, -0.2) is 9.97 Å². The van der Waals surface area contributed by atoms with Gasteiger partial charge in [-0.15, -0.1) is 11.3 Å². The molecule has 0 bridgehead atoms. The number of para-hydroxylation sites is 3. The molecule has 0 aliphatic carbocycles. The van der Waals surface area contributed by atoms with Crippen molar-refractivity contribution in [1.29, 1.82) is 0 Å². The van der Waals surface area contributed by atoms with Crippen molar-refractivity contribution in [1.82, 2.24) is 14.5 Å². The molecule has 50 heavy (non-hydrogen) atoms. The zero-order valence-corrected chi connectivity index (χ0v) is 27.7. The van der Waals surface area contributed by atoms with Gasteiger partial charge in [0.1, 0.15) is 5.69 Å². The fourth-order valence-corrected chi connectivity index (χ4v) is 9.02. The second kappa shape index (κ2) is 10.6. The number of hydrogen-bond acceptors (Lipinski definition) is 3. The van der Waals surface area contributed by atoms with Crippen molar-refractivity contribution in [3.05, 3.63) is 164 Å². The molecule has 0 saturated carbocycles. The largest absolute Gasteiger partial charge is 0.291 e. The fraction of sp³-hybridized carbons (Fsp3) is 0. The van der Waals surface area contributed by atoms with Crippen molar-refractivity contribution in [3.63, 3.8) is 0 Å². The normalized spacial score (nSPS) is 12.0. The third-order valence-electron chi connectivity index (χ3n) is 10.1. The number of benzene rings is 8. The molecule has 0 fully saturated rings. The predicted octanol–water partition coefficient (Wildman–Crippen LogP) is 12.7. The Morgan fingerprint density at radius 1 is 0.440 bits per heavy atom. The lowest BCUT2D eigenvalue weighted by Gasteiger charge is -2.15. The van der Waals surface area contributed by atoms with Crippen molar-refractivity contribution in [2.24, 2.45) is 0 Å². The molecule has 0 aliphatic heterocycles. The Bertz CT molecular complexity index is 3150. The Kier molecular flexibility index (Phi) is 5.83. The van der Waals surface area contributed by atoms with Crippen molar-refractivity contribution in [2.75, 3.05) is 0 Å². The van der Waals surface area contributed by atoms with E-state index in [0.29, 0.717) is 0 Å². The Labute approximate surface area is 291 Å². The van der Waals surface area contributed by atoms with Crippen LogP contribution in [0.2, 0.25) is 0 Å². The molecule has 0 saturated heterocycles. The summed E-state index contributed by atoms with van der Waals surface area (Å²) in [4.78, 5) is 10.7. The molecule has 4 heteroatoms. The fourth-order valence-electron chi connectivity index (χ4n) is 7.85. The first-order valence-corrected chi connectivity index (χ1v) is 17.7. The molecule has 0 spiro atoms. The molecule has 0 aliphatic rings. The van der Waals surface area contributed by atoms with Crippen LogP contribution in [-0.2, 0) is 0 Å². The summed E-state index contributed by atoms with van der Waals surface area (Å²) in [6.45, 7) is 0. The van der Waals surface area contributed by atoms with E-state index in [1.807, 2.05) is 29.5 Å². The third kappa shape index (κ3) is 4.03. The van der Waals surface area contributed by atoms with Gasteiger partial charge in [-0.3, -0.25) is 4.57 Å². The summed E-state index contributed by atoms with van der Waals surface area (Å²) >= 11 is 1.87. The van der Waals surface area contributed by atoms with Gasteiger partial charge >= 0.3 is 0 Å². The van der Waals surface area contributed by atoms with Crippen LogP contribution in [-0.4, -0.2) is 14.5 Å². The highest BCUT2D eigenvalue weighted by atomic mass is 32.1. The van der Waals surface area contributed by atoms with Gasteiger partial charge in [0.15, 0.2) is 5.82 Å². The summed E-state index contributed by atoms with van der Waals surface area (Å²) in [6, 6.07) is 58.9. The van der Waals surface area contributed by atoms with Gasteiger partial charge in [0.2, 0.25) is 0 Å². The van der Waals surface area contributed by atoms with Gasteiger partial charge in [-0.2, -0.15) is 0 Å². The van der Waals surface area contributed by atoms with Gasteiger partial charge in [0.25, 0.3) is 0 Å². The van der Waals surface area contributed by atoms with Crippen LogP contribution in [0.1, 0.15) is 0 Å². The molecule has 0 amide bonds. The number of rotatable bonds is 3. The molecule has 0 unspecified atom stereocenters. The van der Waals surface area contributed by atoms with E-state index in [2.05, 4.69) is 150 Å². The highest BCUT2D eigenvalue weighted by Crippen LogP contribution is 2.44. The number of fused-ring (bicyclic) bond motifs is 10. The van der Waals surface area contributed by atoms with Crippen LogP contribution in [0.5, 0.6) is 0 Å². The molecule has 3 nitrogen and oxygen atoms in total. The van der Waals surface area contributed by atoms with E-state index < -0.39 is 0 Å². The lowest BCUT2D eigenvalue weighted by atomic mass is 9.99. The van der Waals surface area contributed by atoms with Crippen LogP contribution in [0.3, 0.4) is 0 Å². The maximum absolute atomic E-state index is 5.42. The Morgan fingerprint density at radius 3 is 2.02 bits per heavy atom. The van der Waals surface area contributed by atoms with E-state index in [4.69, 9.17) is 9.97 Å². The van der Waals surface area contributed by atoms with Crippen molar-refractivity contribution in [3.8, 4) is 28.2 Å². The smallest absolute Gasteiger partial charge is 0.165 e. The summed E-state index contributed by atoms with van der Waals surface area (Å²) < 4.78 is 4.97. The van der Waals surface area contributed by atoms with Crippen LogP contribution in [0.15, 0.2) is 164 Å². The van der Waals surface area contributed by atoms with Crippen LogP contribution >= 0.6 is 11.3 Å². The quantitative estimate of drug-likeness (QED) is 0.190.